The number of ether oxygens (including phenoxy) is 3. The molecule has 9 nitrogen and oxygen atoms in total. The predicted molar refractivity (Wildman–Crippen MR) is 108 cm³/mol. The number of piperazine rings is 1. The zero-order valence-electron chi connectivity index (χ0n) is 18.6. The van der Waals surface area contributed by atoms with Crippen molar-refractivity contribution in [2.24, 2.45) is 0 Å². The number of quaternary nitrogens is 2. The van der Waals surface area contributed by atoms with Gasteiger partial charge in [-0.3, -0.25) is 0 Å². The number of aromatic nitrogens is 4. The first-order valence-corrected chi connectivity index (χ1v) is 10.0. The van der Waals surface area contributed by atoms with Crippen molar-refractivity contribution in [3.8, 4) is 17.2 Å². The van der Waals surface area contributed by atoms with Gasteiger partial charge in [-0.25, -0.2) is 4.68 Å². The highest BCUT2D eigenvalue weighted by Gasteiger charge is 2.38. The molecule has 9 heteroatoms. The van der Waals surface area contributed by atoms with E-state index in [1.807, 2.05) is 16.8 Å². The van der Waals surface area contributed by atoms with Crippen molar-refractivity contribution >= 4 is 0 Å². The van der Waals surface area contributed by atoms with Crippen LogP contribution in [0.5, 0.6) is 17.2 Å². The quantitative estimate of drug-likeness (QED) is 0.638. The summed E-state index contributed by atoms with van der Waals surface area (Å²) in [6.45, 7) is 10.6. The largest absolute Gasteiger partial charge is 0.493 e. The third kappa shape index (κ3) is 4.30. The van der Waals surface area contributed by atoms with Gasteiger partial charge in [0.05, 0.1) is 33.9 Å². The molecule has 0 unspecified atom stereocenters. The molecular weight excluding hydrogens is 372 g/mol. The number of benzene rings is 1. The van der Waals surface area contributed by atoms with Gasteiger partial charge in [0.1, 0.15) is 26.2 Å². The molecule has 0 spiro atoms. The lowest BCUT2D eigenvalue weighted by atomic mass is 10.0. The normalized spacial score (nSPS) is 20.9. The van der Waals surface area contributed by atoms with Crippen molar-refractivity contribution in [1.82, 2.24) is 20.2 Å². The van der Waals surface area contributed by atoms with E-state index < -0.39 is 0 Å². The summed E-state index contributed by atoms with van der Waals surface area (Å²) in [4.78, 5) is 2.98. The monoisotopic (exact) mass is 406 g/mol. The summed E-state index contributed by atoms with van der Waals surface area (Å²) in [6, 6.07) is 4.00. The standard InChI is InChI=1S/C20H32N6O3/c1-20(2,3)26-19(21-22-23-26)17(25-10-8-24(4)9-11-25)14-12-15(27-5)18(29-7)16(13-14)28-6/h12-13,17H,8-11H2,1-7H3/p+2/t17-/m1/s1. The van der Waals surface area contributed by atoms with Crippen LogP contribution in [-0.4, -0.2) is 74.8 Å². The molecule has 1 fully saturated rings. The number of hydrogen-bond donors (Lipinski definition) is 2. The zero-order chi connectivity index (χ0) is 21.2. The summed E-state index contributed by atoms with van der Waals surface area (Å²) in [5.41, 5.74) is 0.823. The van der Waals surface area contributed by atoms with Gasteiger partial charge in [-0.1, -0.05) is 0 Å². The molecule has 2 N–H and O–H groups in total. The fourth-order valence-electron chi connectivity index (χ4n) is 3.97. The number of nitrogens with zero attached hydrogens (tertiary/aromatic N) is 4. The molecule has 29 heavy (non-hydrogen) atoms. The second-order valence-corrected chi connectivity index (χ2v) is 8.63. The van der Waals surface area contributed by atoms with Crippen LogP contribution in [-0.2, 0) is 5.54 Å². The first-order chi connectivity index (χ1) is 13.8. The van der Waals surface area contributed by atoms with Crippen molar-refractivity contribution in [2.45, 2.75) is 32.4 Å². The molecule has 0 amide bonds. The maximum absolute atomic E-state index is 5.61. The molecule has 0 aliphatic carbocycles. The summed E-state index contributed by atoms with van der Waals surface area (Å²) >= 11 is 0. The van der Waals surface area contributed by atoms with Gasteiger partial charge in [-0.05, 0) is 43.3 Å². The topological polar surface area (TPSA) is 80.2 Å². The lowest BCUT2D eigenvalue weighted by Crippen LogP contribution is -3.27. The van der Waals surface area contributed by atoms with Crippen molar-refractivity contribution in [3.05, 3.63) is 23.5 Å². The Morgan fingerprint density at radius 3 is 2.03 bits per heavy atom. The molecule has 0 bridgehead atoms. The van der Waals surface area contributed by atoms with Gasteiger partial charge >= 0.3 is 0 Å². The lowest BCUT2D eigenvalue weighted by molar-refractivity contribution is -1.02. The summed E-state index contributed by atoms with van der Waals surface area (Å²) in [5.74, 6) is 2.72. The highest BCUT2D eigenvalue weighted by Crippen LogP contribution is 2.40. The van der Waals surface area contributed by atoms with Crippen LogP contribution in [0.15, 0.2) is 12.1 Å². The van der Waals surface area contributed by atoms with Gasteiger partial charge < -0.3 is 24.0 Å². The van der Waals surface area contributed by atoms with E-state index in [0.29, 0.717) is 17.2 Å². The zero-order valence-corrected chi connectivity index (χ0v) is 18.6. The molecule has 3 rings (SSSR count). The summed E-state index contributed by atoms with van der Waals surface area (Å²) in [7, 11) is 7.14. The number of tetrazole rings is 1. The van der Waals surface area contributed by atoms with Gasteiger partial charge in [-0.15, -0.1) is 5.10 Å². The predicted octanol–water partition coefficient (Wildman–Crippen LogP) is -1.04. The van der Waals surface area contributed by atoms with E-state index in [0.717, 1.165) is 37.6 Å². The van der Waals surface area contributed by atoms with Crippen molar-refractivity contribution < 1.29 is 24.0 Å². The minimum absolute atomic E-state index is 0.0361. The highest BCUT2D eigenvalue weighted by atomic mass is 16.5. The Kier molecular flexibility index (Phi) is 6.28. The second-order valence-electron chi connectivity index (χ2n) is 8.63. The third-order valence-corrected chi connectivity index (χ3v) is 5.56. The van der Waals surface area contributed by atoms with E-state index in [-0.39, 0.29) is 11.6 Å². The summed E-state index contributed by atoms with van der Waals surface area (Å²) in [5, 5.41) is 12.8. The molecule has 1 aromatic carbocycles. The molecule has 1 aliphatic rings. The molecule has 0 saturated carbocycles. The maximum atomic E-state index is 5.61. The molecule has 1 saturated heterocycles. The third-order valence-electron chi connectivity index (χ3n) is 5.56. The van der Waals surface area contributed by atoms with Gasteiger partial charge in [0.15, 0.2) is 17.5 Å². The average molecular weight is 407 g/mol. The molecule has 0 radical (unpaired) electrons. The first kappa shape index (κ1) is 21.3. The number of likely N-dealkylation sites (N-methyl/N-ethyl adjacent to an activating group) is 1. The van der Waals surface area contributed by atoms with Crippen LogP contribution in [0.4, 0.5) is 0 Å². The molecule has 1 atom stereocenters. The minimum atomic E-state index is -0.227. The Labute approximate surface area is 172 Å². The van der Waals surface area contributed by atoms with E-state index in [2.05, 4.69) is 43.3 Å². The number of nitrogens with one attached hydrogen (secondary N) is 2. The van der Waals surface area contributed by atoms with E-state index in [1.54, 1.807) is 26.2 Å². The van der Waals surface area contributed by atoms with E-state index in [4.69, 9.17) is 14.2 Å². The van der Waals surface area contributed by atoms with Crippen molar-refractivity contribution in [2.75, 3.05) is 54.6 Å². The van der Waals surface area contributed by atoms with Crippen molar-refractivity contribution in [1.29, 1.82) is 0 Å². The van der Waals surface area contributed by atoms with E-state index in [9.17, 15) is 0 Å². The Balaban J connectivity index is 2.15. The van der Waals surface area contributed by atoms with Crippen LogP contribution in [0, 0.1) is 0 Å². The minimum Gasteiger partial charge on any atom is -0.493 e. The van der Waals surface area contributed by atoms with Crippen LogP contribution in [0.1, 0.15) is 38.2 Å². The Hall–Kier alpha value is -2.39. The summed E-state index contributed by atoms with van der Waals surface area (Å²) < 4.78 is 18.7. The molecule has 1 aliphatic heterocycles. The van der Waals surface area contributed by atoms with Crippen LogP contribution in [0.3, 0.4) is 0 Å². The van der Waals surface area contributed by atoms with Gasteiger partial charge in [0.2, 0.25) is 11.6 Å². The fraction of sp³-hybridized carbons (Fsp3) is 0.650. The van der Waals surface area contributed by atoms with Gasteiger partial charge in [-0.2, -0.15) is 0 Å². The number of rotatable bonds is 6. The Morgan fingerprint density at radius 2 is 1.55 bits per heavy atom. The fourth-order valence-corrected chi connectivity index (χ4v) is 3.97. The van der Waals surface area contributed by atoms with Crippen LogP contribution in [0.2, 0.25) is 0 Å². The van der Waals surface area contributed by atoms with Crippen LogP contribution >= 0.6 is 0 Å². The van der Waals surface area contributed by atoms with Gasteiger partial charge in [0, 0.05) is 5.56 Å². The van der Waals surface area contributed by atoms with Gasteiger partial charge in [0.25, 0.3) is 0 Å². The number of hydrogen-bond acceptors (Lipinski definition) is 6. The lowest BCUT2D eigenvalue weighted by Gasteiger charge is -2.34. The van der Waals surface area contributed by atoms with Crippen LogP contribution < -0.4 is 24.0 Å². The molecule has 160 valence electrons. The smallest absolute Gasteiger partial charge is 0.214 e. The molecular formula is C20H34N6O3+2. The van der Waals surface area contributed by atoms with E-state index >= 15 is 0 Å². The van der Waals surface area contributed by atoms with E-state index in [1.165, 1.54) is 4.90 Å². The second kappa shape index (κ2) is 8.54. The number of methoxy groups -OCH3 is 3. The summed E-state index contributed by atoms with van der Waals surface area (Å²) in [6.07, 6.45) is 0. The average Bonchev–Trinajstić information content (AvgIpc) is 3.18. The Morgan fingerprint density at radius 1 is 0.966 bits per heavy atom. The SMILES string of the molecule is COc1cc([C@H](c2nnnn2C(C)(C)C)[NH+]2CC[NH+](C)CC2)cc(OC)c1OC. The van der Waals surface area contributed by atoms with Crippen molar-refractivity contribution in [3.63, 3.8) is 0 Å². The maximum Gasteiger partial charge on any atom is 0.214 e. The first-order valence-electron chi connectivity index (χ1n) is 10.0. The molecule has 2 heterocycles. The Bertz CT molecular complexity index is 799. The molecule has 1 aromatic heterocycles. The molecule has 2 aromatic rings. The highest BCUT2D eigenvalue weighted by molar-refractivity contribution is 5.54. The van der Waals surface area contributed by atoms with Crippen LogP contribution in [0.25, 0.3) is 0 Å².